The molecule has 1 amide bonds. The van der Waals surface area contributed by atoms with Crippen LogP contribution in [0.25, 0.3) is 22.2 Å². The third-order valence-corrected chi connectivity index (χ3v) is 3.93. The van der Waals surface area contributed by atoms with Gasteiger partial charge >= 0.3 is 0 Å². The van der Waals surface area contributed by atoms with Gasteiger partial charge in [0.25, 0.3) is 6.47 Å². The molecule has 0 aliphatic carbocycles. The molecule has 0 atom stereocenters. The SMILES string of the molecule is CNC(=O)Cc1ccc2nc(-c3ccc(C)nc3)cc(C)c2c1.O=CO. The topological polar surface area (TPSA) is 92.2 Å². The van der Waals surface area contributed by atoms with E-state index in [1.807, 2.05) is 43.5 Å². The number of carboxylic acid groups (broad SMARTS) is 1. The Hall–Kier alpha value is -3.28. The van der Waals surface area contributed by atoms with E-state index in [1.165, 1.54) is 0 Å². The van der Waals surface area contributed by atoms with Crippen LogP contribution in [0.3, 0.4) is 0 Å². The number of hydrogen-bond donors (Lipinski definition) is 2. The van der Waals surface area contributed by atoms with Crippen LogP contribution < -0.4 is 5.32 Å². The van der Waals surface area contributed by atoms with E-state index in [0.717, 1.165) is 39.0 Å². The third-order valence-electron chi connectivity index (χ3n) is 3.93. The number of likely N-dealkylation sites (N-methyl/N-ethyl adjacent to an activating group) is 1. The predicted octanol–water partition coefficient (Wildman–Crippen LogP) is 2.90. The lowest BCUT2D eigenvalue weighted by molar-refractivity contribution is -0.123. The van der Waals surface area contributed by atoms with E-state index in [1.54, 1.807) is 7.05 Å². The van der Waals surface area contributed by atoms with Gasteiger partial charge in [-0.2, -0.15) is 0 Å². The maximum absolute atomic E-state index is 11.5. The Labute approximate surface area is 151 Å². The molecule has 1 aromatic carbocycles. The fourth-order valence-electron chi connectivity index (χ4n) is 2.59. The number of rotatable bonds is 3. The molecule has 2 heterocycles. The summed E-state index contributed by atoms with van der Waals surface area (Å²) in [5.74, 6) is 0.0114. The minimum absolute atomic E-state index is 0.0114. The van der Waals surface area contributed by atoms with Crippen LogP contribution in [-0.4, -0.2) is 34.5 Å². The summed E-state index contributed by atoms with van der Waals surface area (Å²) in [6.07, 6.45) is 2.23. The van der Waals surface area contributed by atoms with Gasteiger partial charge in [-0.3, -0.25) is 14.6 Å². The van der Waals surface area contributed by atoms with Crippen molar-refractivity contribution in [3.8, 4) is 11.3 Å². The fourth-order valence-corrected chi connectivity index (χ4v) is 2.59. The van der Waals surface area contributed by atoms with Crippen LogP contribution in [0.1, 0.15) is 16.8 Å². The Morgan fingerprint density at radius 3 is 2.54 bits per heavy atom. The first-order valence-corrected chi connectivity index (χ1v) is 8.10. The van der Waals surface area contributed by atoms with Crippen LogP contribution in [0, 0.1) is 13.8 Å². The van der Waals surface area contributed by atoms with Gasteiger partial charge in [-0.15, -0.1) is 0 Å². The number of aryl methyl sites for hydroxylation is 2. The second kappa shape index (κ2) is 8.71. The quantitative estimate of drug-likeness (QED) is 0.708. The van der Waals surface area contributed by atoms with Crippen LogP contribution in [0.2, 0.25) is 0 Å². The molecule has 0 saturated heterocycles. The number of aromatic nitrogens is 2. The van der Waals surface area contributed by atoms with Gasteiger partial charge in [0.05, 0.1) is 17.6 Å². The molecule has 6 nitrogen and oxygen atoms in total. The summed E-state index contributed by atoms with van der Waals surface area (Å²) < 4.78 is 0. The first kappa shape index (κ1) is 19.1. The molecule has 26 heavy (non-hydrogen) atoms. The molecular formula is C20H21N3O3. The summed E-state index contributed by atoms with van der Waals surface area (Å²) in [5.41, 5.74) is 5.98. The van der Waals surface area contributed by atoms with Gasteiger partial charge < -0.3 is 10.4 Å². The zero-order valence-corrected chi connectivity index (χ0v) is 15.0. The number of fused-ring (bicyclic) bond motifs is 1. The molecule has 3 aromatic rings. The normalized spacial score (nSPS) is 9.96. The second-order valence-corrected chi connectivity index (χ2v) is 5.82. The number of pyridine rings is 2. The maximum atomic E-state index is 11.5. The zero-order chi connectivity index (χ0) is 19.1. The van der Waals surface area contributed by atoms with Crippen LogP contribution in [0.4, 0.5) is 0 Å². The molecular weight excluding hydrogens is 330 g/mol. The van der Waals surface area contributed by atoms with Gasteiger partial charge in [0.2, 0.25) is 5.91 Å². The molecule has 0 aliphatic rings. The van der Waals surface area contributed by atoms with Crippen LogP contribution >= 0.6 is 0 Å². The molecule has 0 unspecified atom stereocenters. The average Bonchev–Trinajstić information content (AvgIpc) is 2.63. The van der Waals surface area contributed by atoms with Crippen LogP contribution in [-0.2, 0) is 16.0 Å². The fraction of sp³-hybridized carbons (Fsp3) is 0.200. The van der Waals surface area contributed by atoms with E-state index in [9.17, 15) is 4.79 Å². The predicted molar refractivity (Wildman–Crippen MR) is 101 cm³/mol. The first-order valence-electron chi connectivity index (χ1n) is 8.10. The first-order chi connectivity index (χ1) is 12.5. The van der Waals surface area contributed by atoms with Gasteiger partial charge in [0.1, 0.15) is 0 Å². The van der Waals surface area contributed by atoms with Crippen molar-refractivity contribution in [3.63, 3.8) is 0 Å². The molecule has 134 valence electrons. The van der Waals surface area contributed by atoms with Crippen molar-refractivity contribution in [2.24, 2.45) is 0 Å². The summed E-state index contributed by atoms with van der Waals surface area (Å²) in [4.78, 5) is 29.0. The largest absolute Gasteiger partial charge is 0.483 e. The number of amides is 1. The molecule has 2 aromatic heterocycles. The molecule has 0 saturated carbocycles. The number of carbonyl (C=O) groups is 2. The van der Waals surface area contributed by atoms with Crippen molar-refractivity contribution < 1.29 is 14.7 Å². The highest BCUT2D eigenvalue weighted by Gasteiger charge is 2.08. The smallest absolute Gasteiger partial charge is 0.290 e. The van der Waals surface area contributed by atoms with Crippen molar-refractivity contribution in [3.05, 3.63) is 59.4 Å². The summed E-state index contributed by atoms with van der Waals surface area (Å²) in [5, 5.41) is 10.6. The van der Waals surface area contributed by atoms with Gasteiger partial charge in [-0.05, 0) is 55.3 Å². The van der Waals surface area contributed by atoms with Gasteiger partial charge in [0.15, 0.2) is 0 Å². The summed E-state index contributed by atoms with van der Waals surface area (Å²) >= 11 is 0. The minimum Gasteiger partial charge on any atom is -0.483 e. The molecule has 2 N–H and O–H groups in total. The Morgan fingerprint density at radius 1 is 1.19 bits per heavy atom. The number of benzene rings is 1. The highest BCUT2D eigenvalue weighted by molar-refractivity contribution is 5.87. The highest BCUT2D eigenvalue weighted by atomic mass is 16.3. The molecule has 0 fully saturated rings. The summed E-state index contributed by atoms with van der Waals surface area (Å²) in [6, 6.07) is 12.1. The van der Waals surface area contributed by atoms with Gasteiger partial charge in [-0.25, -0.2) is 4.98 Å². The molecule has 0 bridgehead atoms. The average molecular weight is 351 g/mol. The summed E-state index contributed by atoms with van der Waals surface area (Å²) in [7, 11) is 1.65. The molecule has 0 aliphatic heterocycles. The van der Waals surface area contributed by atoms with Gasteiger partial charge in [-0.1, -0.05) is 6.07 Å². The Bertz CT molecular complexity index is 921. The molecule has 0 spiro atoms. The van der Waals surface area contributed by atoms with E-state index in [-0.39, 0.29) is 12.4 Å². The maximum Gasteiger partial charge on any atom is 0.290 e. The molecule has 0 radical (unpaired) electrons. The van der Waals surface area contributed by atoms with Crippen molar-refractivity contribution in [2.45, 2.75) is 20.3 Å². The Kier molecular flexibility index (Phi) is 6.38. The summed E-state index contributed by atoms with van der Waals surface area (Å²) in [6.45, 7) is 3.79. The van der Waals surface area contributed by atoms with Crippen molar-refractivity contribution in [2.75, 3.05) is 7.05 Å². The Morgan fingerprint density at radius 2 is 1.92 bits per heavy atom. The number of hydrogen-bond acceptors (Lipinski definition) is 4. The zero-order valence-electron chi connectivity index (χ0n) is 15.0. The van der Waals surface area contributed by atoms with E-state index < -0.39 is 0 Å². The van der Waals surface area contributed by atoms with E-state index >= 15 is 0 Å². The van der Waals surface area contributed by atoms with Crippen molar-refractivity contribution >= 4 is 23.3 Å². The lowest BCUT2D eigenvalue weighted by atomic mass is 10.0. The second-order valence-electron chi connectivity index (χ2n) is 5.82. The minimum atomic E-state index is -0.250. The van der Waals surface area contributed by atoms with Gasteiger partial charge in [0, 0.05) is 29.9 Å². The number of nitrogens with zero attached hydrogens (tertiary/aromatic N) is 2. The molecule has 6 heteroatoms. The lowest BCUT2D eigenvalue weighted by Gasteiger charge is -2.09. The van der Waals surface area contributed by atoms with Crippen LogP contribution in [0.5, 0.6) is 0 Å². The van der Waals surface area contributed by atoms with E-state index in [4.69, 9.17) is 14.9 Å². The van der Waals surface area contributed by atoms with E-state index in [2.05, 4.69) is 23.3 Å². The van der Waals surface area contributed by atoms with Crippen LogP contribution in [0.15, 0.2) is 42.6 Å². The number of nitrogens with one attached hydrogen (secondary N) is 1. The van der Waals surface area contributed by atoms with Crippen molar-refractivity contribution in [1.29, 1.82) is 0 Å². The van der Waals surface area contributed by atoms with E-state index in [0.29, 0.717) is 6.42 Å². The third kappa shape index (κ3) is 4.63. The monoisotopic (exact) mass is 351 g/mol. The number of carbonyl (C=O) groups excluding carboxylic acids is 1. The standard InChI is InChI=1S/C19H19N3O.CH2O2/c1-12-8-18(15-6-4-13(2)21-11-15)22-17-7-5-14(9-16(12)17)10-19(23)20-3;2-1-3/h4-9,11H,10H2,1-3H3,(H,20,23);1H,(H,2,3). The Balaban J connectivity index is 0.000000758. The molecule has 3 rings (SSSR count). The van der Waals surface area contributed by atoms with Crippen molar-refractivity contribution in [1.82, 2.24) is 15.3 Å². The highest BCUT2D eigenvalue weighted by Crippen LogP contribution is 2.25. The lowest BCUT2D eigenvalue weighted by Crippen LogP contribution is -2.19.